The Kier molecular flexibility index (Phi) is 3.38. The number of ether oxygens (including phenoxy) is 2. The third-order valence-electron chi connectivity index (χ3n) is 3.40. The van der Waals surface area contributed by atoms with Crippen LogP contribution in [0.4, 0.5) is 0 Å². The van der Waals surface area contributed by atoms with Gasteiger partial charge in [0.15, 0.2) is 5.79 Å². The Morgan fingerprint density at radius 2 is 1.80 bits per heavy atom. The minimum absolute atomic E-state index is 0.328. The Bertz CT molecular complexity index is 547. The molecule has 1 fully saturated rings. The number of furan rings is 1. The summed E-state index contributed by atoms with van der Waals surface area (Å²) in [5.41, 5.74) is 0.980. The molecule has 2 heterocycles. The number of rotatable bonds is 3. The highest BCUT2D eigenvalue weighted by Gasteiger charge is 2.46. The van der Waals surface area contributed by atoms with Crippen LogP contribution in [0.1, 0.15) is 37.4 Å². The zero-order valence-electron chi connectivity index (χ0n) is 11.5. The molecule has 2 aromatic rings. The smallest absolute Gasteiger partial charge is 0.164 e. The fourth-order valence-corrected chi connectivity index (χ4v) is 2.54. The maximum absolute atomic E-state index is 10.5. The Hall–Kier alpha value is -1.62. The lowest BCUT2D eigenvalue weighted by atomic mass is 9.99. The van der Waals surface area contributed by atoms with Gasteiger partial charge < -0.3 is 19.0 Å². The summed E-state index contributed by atoms with van der Waals surface area (Å²) in [4.78, 5) is 0. The number of hydrogen-bond donors (Lipinski definition) is 1. The van der Waals surface area contributed by atoms with Crippen molar-refractivity contribution in [3.05, 3.63) is 60.1 Å². The highest BCUT2D eigenvalue weighted by Crippen LogP contribution is 2.43. The van der Waals surface area contributed by atoms with Crippen molar-refractivity contribution in [3.63, 3.8) is 0 Å². The average Bonchev–Trinajstić information content (AvgIpc) is 3.06. The van der Waals surface area contributed by atoms with Crippen LogP contribution in [0.5, 0.6) is 0 Å². The first-order chi connectivity index (χ1) is 9.57. The minimum atomic E-state index is -0.864. The molecular weight excluding hydrogens is 256 g/mol. The Morgan fingerprint density at radius 3 is 2.45 bits per heavy atom. The second kappa shape index (κ2) is 5.05. The lowest BCUT2D eigenvalue weighted by Gasteiger charge is -2.21. The van der Waals surface area contributed by atoms with Crippen molar-refractivity contribution in [1.29, 1.82) is 0 Å². The zero-order chi connectivity index (χ0) is 14.2. The van der Waals surface area contributed by atoms with E-state index in [0.29, 0.717) is 5.76 Å². The van der Waals surface area contributed by atoms with Gasteiger partial charge in [-0.25, -0.2) is 0 Å². The van der Waals surface area contributed by atoms with Gasteiger partial charge in [-0.1, -0.05) is 30.3 Å². The van der Waals surface area contributed by atoms with Gasteiger partial charge in [0.2, 0.25) is 0 Å². The summed E-state index contributed by atoms with van der Waals surface area (Å²) in [6, 6.07) is 13.3. The Morgan fingerprint density at radius 1 is 1.05 bits per heavy atom. The van der Waals surface area contributed by atoms with Crippen molar-refractivity contribution < 1.29 is 19.0 Å². The lowest BCUT2D eigenvalue weighted by molar-refractivity contribution is -0.157. The van der Waals surface area contributed by atoms with E-state index in [9.17, 15) is 5.11 Å². The van der Waals surface area contributed by atoms with Crippen molar-refractivity contribution in [3.8, 4) is 0 Å². The van der Waals surface area contributed by atoms with Crippen LogP contribution in [0.3, 0.4) is 0 Å². The van der Waals surface area contributed by atoms with E-state index in [1.807, 2.05) is 44.2 Å². The molecule has 4 heteroatoms. The monoisotopic (exact) mass is 274 g/mol. The molecule has 1 aromatic heterocycles. The molecule has 3 atom stereocenters. The molecule has 1 aliphatic rings. The van der Waals surface area contributed by atoms with Crippen LogP contribution in [-0.4, -0.2) is 17.0 Å². The van der Waals surface area contributed by atoms with Crippen molar-refractivity contribution in [2.75, 3.05) is 0 Å². The van der Waals surface area contributed by atoms with Crippen LogP contribution in [-0.2, 0) is 9.47 Å². The van der Waals surface area contributed by atoms with Crippen molar-refractivity contribution in [1.82, 2.24) is 0 Å². The van der Waals surface area contributed by atoms with E-state index in [0.717, 1.165) is 5.56 Å². The SMILES string of the molecule is CC1(C)O[C@@H]([C@H](O)c2ccco2)[C@H](c2ccccc2)O1. The largest absolute Gasteiger partial charge is 0.466 e. The summed E-state index contributed by atoms with van der Waals surface area (Å²) >= 11 is 0. The first-order valence-electron chi connectivity index (χ1n) is 6.69. The van der Waals surface area contributed by atoms with Crippen LogP contribution in [0.15, 0.2) is 53.1 Å². The van der Waals surface area contributed by atoms with Gasteiger partial charge >= 0.3 is 0 Å². The molecule has 0 saturated carbocycles. The second-order valence-electron chi connectivity index (χ2n) is 5.39. The predicted molar refractivity (Wildman–Crippen MR) is 72.9 cm³/mol. The standard InChI is InChI=1S/C16H18O4/c1-16(2)19-14(11-7-4-3-5-8-11)15(20-16)13(17)12-9-6-10-18-12/h3-10,13-15,17H,1-2H3/t13-,14+,15+/m1/s1. The minimum Gasteiger partial charge on any atom is -0.466 e. The summed E-state index contributed by atoms with van der Waals surface area (Å²) in [5.74, 6) is -0.254. The van der Waals surface area contributed by atoms with E-state index in [1.165, 1.54) is 6.26 Å². The summed E-state index contributed by atoms with van der Waals surface area (Å²) < 4.78 is 17.1. The fraction of sp³-hybridized carbons (Fsp3) is 0.375. The molecule has 0 spiro atoms. The van der Waals surface area contributed by atoms with Crippen molar-refractivity contribution >= 4 is 0 Å². The van der Waals surface area contributed by atoms with Crippen LogP contribution < -0.4 is 0 Å². The molecular formula is C16H18O4. The predicted octanol–water partition coefficient (Wildman–Crippen LogP) is 3.21. The lowest BCUT2D eigenvalue weighted by Crippen LogP contribution is -2.26. The molecule has 1 N–H and O–H groups in total. The highest BCUT2D eigenvalue weighted by molar-refractivity contribution is 5.21. The molecule has 0 unspecified atom stereocenters. The van der Waals surface area contributed by atoms with Crippen LogP contribution in [0, 0.1) is 0 Å². The second-order valence-corrected chi connectivity index (χ2v) is 5.39. The zero-order valence-corrected chi connectivity index (χ0v) is 11.5. The molecule has 20 heavy (non-hydrogen) atoms. The fourth-order valence-electron chi connectivity index (χ4n) is 2.54. The van der Waals surface area contributed by atoms with E-state index in [4.69, 9.17) is 13.9 Å². The molecule has 4 nitrogen and oxygen atoms in total. The van der Waals surface area contributed by atoms with Gasteiger partial charge in [-0.15, -0.1) is 0 Å². The molecule has 0 bridgehead atoms. The summed E-state index contributed by atoms with van der Waals surface area (Å²) in [6.07, 6.45) is -0.154. The molecule has 3 rings (SSSR count). The molecule has 1 aliphatic heterocycles. The van der Waals surface area contributed by atoms with Crippen molar-refractivity contribution in [2.45, 2.75) is 37.9 Å². The number of aliphatic hydroxyl groups excluding tert-OH is 1. The van der Waals surface area contributed by atoms with Gasteiger partial charge in [0.25, 0.3) is 0 Å². The Labute approximate surface area is 117 Å². The van der Waals surface area contributed by atoms with E-state index < -0.39 is 18.0 Å². The van der Waals surface area contributed by atoms with Crippen molar-refractivity contribution in [2.24, 2.45) is 0 Å². The number of hydrogen-bond acceptors (Lipinski definition) is 4. The van der Waals surface area contributed by atoms with E-state index in [-0.39, 0.29) is 6.10 Å². The highest BCUT2D eigenvalue weighted by atomic mass is 16.8. The molecule has 0 amide bonds. The maximum atomic E-state index is 10.5. The van der Waals surface area contributed by atoms with Crippen LogP contribution in [0.2, 0.25) is 0 Å². The van der Waals surface area contributed by atoms with Crippen LogP contribution in [0.25, 0.3) is 0 Å². The first kappa shape index (κ1) is 13.4. The topological polar surface area (TPSA) is 51.8 Å². The molecule has 0 radical (unpaired) electrons. The van der Waals surface area contributed by atoms with Gasteiger partial charge in [-0.05, 0) is 31.5 Å². The summed E-state index contributed by atoms with van der Waals surface area (Å²) in [6.45, 7) is 3.69. The van der Waals surface area contributed by atoms with Gasteiger partial charge in [-0.2, -0.15) is 0 Å². The van der Waals surface area contributed by atoms with E-state index >= 15 is 0 Å². The van der Waals surface area contributed by atoms with Gasteiger partial charge in [0.05, 0.1) is 6.26 Å². The Balaban J connectivity index is 1.91. The van der Waals surface area contributed by atoms with Gasteiger partial charge in [0.1, 0.15) is 24.1 Å². The summed E-state index contributed by atoms with van der Waals surface area (Å²) in [7, 11) is 0. The maximum Gasteiger partial charge on any atom is 0.164 e. The third-order valence-corrected chi connectivity index (χ3v) is 3.40. The van der Waals surface area contributed by atoms with Gasteiger partial charge in [-0.3, -0.25) is 0 Å². The van der Waals surface area contributed by atoms with E-state index in [2.05, 4.69) is 0 Å². The number of benzene rings is 1. The molecule has 1 saturated heterocycles. The summed E-state index contributed by atoms with van der Waals surface area (Å²) in [5, 5.41) is 10.5. The normalized spacial score (nSPS) is 26.6. The molecule has 0 aliphatic carbocycles. The van der Waals surface area contributed by atoms with Gasteiger partial charge in [0, 0.05) is 0 Å². The third kappa shape index (κ3) is 2.50. The number of aliphatic hydroxyl groups is 1. The molecule has 106 valence electrons. The average molecular weight is 274 g/mol. The van der Waals surface area contributed by atoms with Crippen LogP contribution >= 0.6 is 0 Å². The molecule has 1 aromatic carbocycles. The quantitative estimate of drug-likeness (QED) is 0.933. The first-order valence-corrected chi connectivity index (χ1v) is 6.69. The van der Waals surface area contributed by atoms with E-state index in [1.54, 1.807) is 12.1 Å².